The first-order valence-corrected chi connectivity index (χ1v) is 6.70. The molecule has 0 amide bonds. The van der Waals surface area contributed by atoms with Gasteiger partial charge in [0.05, 0.1) is 25.0 Å². The Morgan fingerprint density at radius 2 is 1.72 bits per heavy atom. The second kappa shape index (κ2) is 7.90. The molecule has 1 aliphatic rings. The Bertz CT molecular complexity index is 309. The van der Waals surface area contributed by atoms with Gasteiger partial charge >= 0.3 is 11.9 Å². The Hall–Kier alpha value is -1.32. The fourth-order valence-corrected chi connectivity index (χ4v) is 1.95. The van der Waals surface area contributed by atoms with Gasteiger partial charge in [-0.15, -0.1) is 0 Å². The van der Waals surface area contributed by atoms with E-state index in [1.165, 1.54) is 0 Å². The molecule has 1 aliphatic carbocycles. The van der Waals surface area contributed by atoms with Gasteiger partial charge in [-0.05, 0) is 25.7 Å². The summed E-state index contributed by atoms with van der Waals surface area (Å²) < 4.78 is 10.3. The molecular weight excluding hydrogens is 232 g/mol. The van der Waals surface area contributed by atoms with Crippen molar-refractivity contribution in [2.75, 3.05) is 13.2 Å². The number of carbonyl (C=O) groups excluding carboxylic acids is 2. The van der Waals surface area contributed by atoms with Crippen molar-refractivity contribution in [3.63, 3.8) is 0 Å². The molecule has 0 N–H and O–H groups in total. The molecule has 0 saturated carbocycles. The summed E-state index contributed by atoms with van der Waals surface area (Å²) in [6.45, 7) is 4.70. The summed E-state index contributed by atoms with van der Waals surface area (Å²) in [5, 5.41) is 0. The average Bonchev–Trinajstić information content (AvgIpc) is 2.42. The molecule has 1 rings (SSSR count). The van der Waals surface area contributed by atoms with Crippen LogP contribution in [0.25, 0.3) is 0 Å². The van der Waals surface area contributed by atoms with Crippen molar-refractivity contribution in [3.8, 4) is 0 Å². The van der Waals surface area contributed by atoms with Gasteiger partial charge in [0.2, 0.25) is 0 Å². The first kappa shape index (κ1) is 14.7. The fourth-order valence-electron chi connectivity index (χ4n) is 1.95. The molecule has 18 heavy (non-hydrogen) atoms. The molecule has 2 unspecified atom stereocenters. The van der Waals surface area contributed by atoms with E-state index in [4.69, 9.17) is 9.47 Å². The van der Waals surface area contributed by atoms with Crippen molar-refractivity contribution >= 4 is 11.9 Å². The van der Waals surface area contributed by atoms with Crippen molar-refractivity contribution in [2.24, 2.45) is 11.8 Å². The predicted molar refractivity (Wildman–Crippen MR) is 67.9 cm³/mol. The molecule has 0 radical (unpaired) electrons. The van der Waals surface area contributed by atoms with E-state index in [2.05, 4.69) is 0 Å². The average molecular weight is 254 g/mol. The van der Waals surface area contributed by atoms with Crippen molar-refractivity contribution < 1.29 is 19.1 Å². The van der Waals surface area contributed by atoms with E-state index in [1.54, 1.807) is 6.08 Å². The van der Waals surface area contributed by atoms with Crippen LogP contribution >= 0.6 is 0 Å². The molecule has 0 bridgehead atoms. The first-order valence-electron chi connectivity index (χ1n) is 6.70. The van der Waals surface area contributed by atoms with Crippen LogP contribution in [0.15, 0.2) is 12.2 Å². The van der Waals surface area contributed by atoms with Gasteiger partial charge in [0.1, 0.15) is 0 Å². The summed E-state index contributed by atoms with van der Waals surface area (Å²) in [5.41, 5.74) is 0. The Labute approximate surface area is 108 Å². The van der Waals surface area contributed by atoms with Gasteiger partial charge in [-0.2, -0.15) is 0 Å². The molecule has 0 heterocycles. The largest absolute Gasteiger partial charge is 0.465 e. The Morgan fingerprint density at radius 3 is 2.33 bits per heavy atom. The fraction of sp³-hybridized carbons (Fsp3) is 0.714. The third-order valence-corrected chi connectivity index (χ3v) is 2.89. The molecule has 102 valence electrons. The van der Waals surface area contributed by atoms with Crippen molar-refractivity contribution in [2.45, 2.75) is 39.5 Å². The highest BCUT2D eigenvalue weighted by atomic mass is 16.5. The third-order valence-electron chi connectivity index (χ3n) is 2.89. The molecular formula is C14H22O4. The van der Waals surface area contributed by atoms with Crippen LogP contribution in [0.1, 0.15) is 39.5 Å². The molecule has 0 aliphatic heterocycles. The van der Waals surface area contributed by atoms with E-state index in [0.717, 1.165) is 19.3 Å². The van der Waals surface area contributed by atoms with Crippen molar-refractivity contribution in [1.29, 1.82) is 0 Å². The minimum atomic E-state index is -0.477. The summed E-state index contributed by atoms with van der Waals surface area (Å²) in [5.74, 6) is -1.45. The maximum absolute atomic E-state index is 11.9. The van der Waals surface area contributed by atoms with Crippen LogP contribution in [0.3, 0.4) is 0 Å². The Kier molecular flexibility index (Phi) is 6.47. The van der Waals surface area contributed by atoms with Crippen LogP contribution in [0.5, 0.6) is 0 Å². The third kappa shape index (κ3) is 4.17. The predicted octanol–water partition coefficient (Wildman–Crippen LogP) is 2.48. The summed E-state index contributed by atoms with van der Waals surface area (Å²) in [6.07, 6.45) is 6.75. The lowest BCUT2D eigenvalue weighted by Gasteiger charge is -2.24. The minimum Gasteiger partial charge on any atom is -0.465 e. The monoisotopic (exact) mass is 254 g/mol. The van der Waals surface area contributed by atoms with Gasteiger partial charge < -0.3 is 9.47 Å². The Balaban J connectivity index is 2.61. The lowest BCUT2D eigenvalue weighted by Crippen LogP contribution is -2.33. The number of rotatable bonds is 6. The number of hydrogen-bond donors (Lipinski definition) is 0. The van der Waals surface area contributed by atoms with Gasteiger partial charge in [-0.3, -0.25) is 9.59 Å². The van der Waals surface area contributed by atoms with Crippen LogP contribution < -0.4 is 0 Å². The molecule has 0 aromatic heterocycles. The highest BCUT2D eigenvalue weighted by Gasteiger charge is 2.35. The highest BCUT2D eigenvalue weighted by Crippen LogP contribution is 2.27. The second-order valence-corrected chi connectivity index (χ2v) is 4.47. The number of carbonyl (C=O) groups is 2. The SMILES string of the molecule is CCCOC(=O)C1C=CCCC1C(=O)OCCC. The summed E-state index contributed by atoms with van der Waals surface area (Å²) in [7, 11) is 0. The van der Waals surface area contributed by atoms with E-state index in [-0.39, 0.29) is 17.9 Å². The van der Waals surface area contributed by atoms with Crippen LogP contribution in [-0.2, 0) is 19.1 Å². The van der Waals surface area contributed by atoms with Crippen LogP contribution in [0, 0.1) is 11.8 Å². The zero-order chi connectivity index (χ0) is 13.4. The molecule has 2 atom stereocenters. The van der Waals surface area contributed by atoms with Crippen LogP contribution in [0.2, 0.25) is 0 Å². The molecule has 0 saturated heterocycles. The quantitative estimate of drug-likeness (QED) is 0.539. The van der Waals surface area contributed by atoms with Crippen LogP contribution in [0.4, 0.5) is 0 Å². The van der Waals surface area contributed by atoms with Crippen LogP contribution in [-0.4, -0.2) is 25.2 Å². The summed E-state index contributed by atoms with van der Waals surface area (Å²) in [6, 6.07) is 0. The smallest absolute Gasteiger partial charge is 0.313 e. The standard InChI is InChI=1S/C14H22O4/c1-3-9-17-13(15)11-7-5-6-8-12(11)14(16)18-10-4-2/h5,7,11-12H,3-4,6,8-10H2,1-2H3. The normalized spacial score (nSPS) is 22.6. The molecule has 0 aromatic rings. The molecule has 4 heteroatoms. The zero-order valence-corrected chi connectivity index (χ0v) is 11.2. The summed E-state index contributed by atoms with van der Waals surface area (Å²) in [4.78, 5) is 23.7. The van der Waals surface area contributed by atoms with E-state index in [9.17, 15) is 9.59 Å². The molecule has 0 spiro atoms. The number of ether oxygens (including phenoxy) is 2. The van der Waals surface area contributed by atoms with Gasteiger partial charge in [0, 0.05) is 0 Å². The van der Waals surface area contributed by atoms with Gasteiger partial charge in [-0.1, -0.05) is 26.0 Å². The number of allylic oxidation sites excluding steroid dienone is 1. The molecule has 0 fully saturated rings. The topological polar surface area (TPSA) is 52.6 Å². The van der Waals surface area contributed by atoms with Gasteiger partial charge in [0.25, 0.3) is 0 Å². The molecule has 0 aromatic carbocycles. The van der Waals surface area contributed by atoms with E-state index >= 15 is 0 Å². The summed E-state index contributed by atoms with van der Waals surface area (Å²) >= 11 is 0. The zero-order valence-electron chi connectivity index (χ0n) is 11.2. The first-order chi connectivity index (χ1) is 8.70. The highest BCUT2D eigenvalue weighted by molar-refractivity contribution is 5.83. The maximum Gasteiger partial charge on any atom is 0.313 e. The van der Waals surface area contributed by atoms with Gasteiger partial charge in [0.15, 0.2) is 0 Å². The second-order valence-electron chi connectivity index (χ2n) is 4.47. The lowest BCUT2D eigenvalue weighted by atomic mass is 9.84. The van der Waals surface area contributed by atoms with Crippen molar-refractivity contribution in [1.82, 2.24) is 0 Å². The number of esters is 2. The Morgan fingerprint density at radius 1 is 1.11 bits per heavy atom. The number of hydrogen-bond acceptors (Lipinski definition) is 4. The minimum absolute atomic E-state index is 0.278. The maximum atomic E-state index is 11.9. The molecule has 4 nitrogen and oxygen atoms in total. The van der Waals surface area contributed by atoms with Gasteiger partial charge in [-0.25, -0.2) is 0 Å². The van der Waals surface area contributed by atoms with E-state index < -0.39 is 5.92 Å². The van der Waals surface area contributed by atoms with Crippen molar-refractivity contribution in [3.05, 3.63) is 12.2 Å². The lowest BCUT2D eigenvalue weighted by molar-refractivity contribution is -0.159. The van der Waals surface area contributed by atoms with E-state index in [1.807, 2.05) is 19.9 Å². The van der Waals surface area contributed by atoms with E-state index in [0.29, 0.717) is 19.6 Å².